The van der Waals surface area contributed by atoms with E-state index in [0.29, 0.717) is 5.56 Å². The molecule has 130 valence electrons. The zero-order valence-corrected chi connectivity index (χ0v) is 15.7. The number of imidazole rings is 1. The number of hydrogen-bond donors (Lipinski definition) is 1. The minimum Gasteiger partial charge on any atom is -0.267 e. The van der Waals surface area contributed by atoms with Crippen molar-refractivity contribution in [2.45, 2.75) is 17.6 Å². The Kier molecular flexibility index (Phi) is 4.73. The van der Waals surface area contributed by atoms with Gasteiger partial charge >= 0.3 is 0 Å². The molecule has 0 aliphatic carbocycles. The zero-order chi connectivity index (χ0) is 17.9. The number of rotatable bonds is 5. The van der Waals surface area contributed by atoms with Crippen molar-refractivity contribution in [2.24, 2.45) is 0 Å². The highest BCUT2D eigenvalue weighted by Crippen LogP contribution is 2.24. The number of thioether (sulfide) groups is 1. The van der Waals surface area contributed by atoms with E-state index < -0.39 is 0 Å². The summed E-state index contributed by atoms with van der Waals surface area (Å²) in [6, 6.07) is 15.3. The highest BCUT2D eigenvalue weighted by atomic mass is 32.2. The summed E-state index contributed by atoms with van der Waals surface area (Å²) in [5.74, 6) is 0.663. The normalized spacial score (nSPS) is 11.0. The maximum Gasteiger partial charge on any atom is 0.270 e. The quantitative estimate of drug-likeness (QED) is 0.519. The molecule has 4 rings (SSSR count). The summed E-state index contributed by atoms with van der Waals surface area (Å²) in [6.07, 6.45) is 1.61. The Balaban J connectivity index is 1.42. The molecule has 2 aromatic carbocycles. The van der Waals surface area contributed by atoms with E-state index in [1.54, 1.807) is 34.1 Å². The van der Waals surface area contributed by atoms with Gasteiger partial charge in [0.05, 0.1) is 21.7 Å². The number of para-hydroxylation sites is 2. The van der Waals surface area contributed by atoms with Crippen molar-refractivity contribution >= 4 is 40.0 Å². The Morgan fingerprint density at radius 3 is 2.77 bits per heavy atom. The Morgan fingerprint density at radius 1 is 1.19 bits per heavy atom. The Bertz CT molecular complexity index is 1050. The summed E-state index contributed by atoms with van der Waals surface area (Å²) in [4.78, 5) is 22.3. The van der Waals surface area contributed by atoms with Crippen molar-refractivity contribution in [3.8, 4) is 0 Å². The third-order valence-corrected chi connectivity index (χ3v) is 5.71. The topological polar surface area (TPSA) is 59.8 Å². The molecule has 0 spiro atoms. The van der Waals surface area contributed by atoms with E-state index in [-0.39, 0.29) is 5.91 Å². The van der Waals surface area contributed by atoms with Gasteiger partial charge in [0.1, 0.15) is 6.33 Å². The Labute approximate surface area is 159 Å². The van der Waals surface area contributed by atoms with Gasteiger partial charge in [0.15, 0.2) is 0 Å². The van der Waals surface area contributed by atoms with Gasteiger partial charge in [-0.15, -0.1) is 23.1 Å². The number of aromatic nitrogens is 3. The fraction of sp³-hybridized carbons (Fsp3) is 0.105. The van der Waals surface area contributed by atoms with Crippen LogP contribution >= 0.6 is 23.1 Å². The van der Waals surface area contributed by atoms with Gasteiger partial charge in [-0.25, -0.2) is 14.6 Å². The number of nitrogens with one attached hydrogen (secondary N) is 1. The zero-order valence-electron chi connectivity index (χ0n) is 14.0. The smallest absolute Gasteiger partial charge is 0.267 e. The molecule has 1 amide bonds. The van der Waals surface area contributed by atoms with Crippen LogP contribution < -0.4 is 5.43 Å². The summed E-state index contributed by atoms with van der Waals surface area (Å²) < 4.78 is 1.64. The molecule has 2 heterocycles. The van der Waals surface area contributed by atoms with Gasteiger partial charge in [-0.1, -0.05) is 12.1 Å². The predicted molar refractivity (Wildman–Crippen MR) is 106 cm³/mol. The molecule has 0 unspecified atom stereocenters. The number of amides is 1. The van der Waals surface area contributed by atoms with Gasteiger partial charge in [0.25, 0.3) is 5.91 Å². The molecular weight excluding hydrogens is 364 g/mol. The lowest BCUT2D eigenvalue weighted by Gasteiger charge is -2.07. The molecular formula is C19H16N4OS2. The molecule has 7 heteroatoms. The van der Waals surface area contributed by atoms with Crippen molar-refractivity contribution < 1.29 is 4.79 Å². The minimum absolute atomic E-state index is 0.167. The molecule has 1 N–H and O–H groups in total. The van der Waals surface area contributed by atoms with E-state index in [2.05, 4.69) is 20.8 Å². The van der Waals surface area contributed by atoms with Crippen LogP contribution in [0.2, 0.25) is 0 Å². The van der Waals surface area contributed by atoms with Gasteiger partial charge in [0, 0.05) is 21.6 Å². The maximum absolute atomic E-state index is 12.5. The number of thiazole rings is 1. The number of nitrogens with zero attached hydrogens (tertiary/aromatic N) is 3. The van der Waals surface area contributed by atoms with Crippen molar-refractivity contribution in [3.05, 3.63) is 76.5 Å². The van der Waals surface area contributed by atoms with Crippen LogP contribution in [-0.2, 0) is 5.75 Å². The Hall–Kier alpha value is -2.64. The number of benzene rings is 2. The number of carbonyl (C=O) groups excluding carboxylic acids is 1. The largest absolute Gasteiger partial charge is 0.270 e. The highest BCUT2D eigenvalue weighted by Gasteiger charge is 2.09. The molecule has 4 aromatic rings. The van der Waals surface area contributed by atoms with Crippen molar-refractivity contribution in [2.75, 3.05) is 5.43 Å². The molecule has 0 fully saturated rings. The second-order valence-corrected chi connectivity index (χ2v) is 7.83. The third-order valence-electron chi connectivity index (χ3n) is 3.85. The number of carbonyl (C=O) groups is 1. The molecule has 0 saturated carbocycles. The fourth-order valence-electron chi connectivity index (χ4n) is 2.56. The SMILES string of the molecule is Cc1nc(CSc2ccc(C(=O)Nn3cnc4ccccc43)cc2)cs1. The summed E-state index contributed by atoms with van der Waals surface area (Å²) in [5.41, 5.74) is 6.27. The van der Waals surface area contributed by atoms with Gasteiger partial charge < -0.3 is 0 Å². The van der Waals surface area contributed by atoms with Crippen LogP contribution in [0, 0.1) is 6.92 Å². The van der Waals surface area contributed by atoms with Crippen molar-refractivity contribution in [1.82, 2.24) is 14.6 Å². The Morgan fingerprint density at radius 2 is 2.00 bits per heavy atom. The average Bonchev–Trinajstić information content (AvgIpc) is 3.27. The summed E-state index contributed by atoms with van der Waals surface area (Å²) >= 11 is 3.38. The molecule has 0 aliphatic heterocycles. The van der Waals surface area contributed by atoms with Crippen LogP contribution in [-0.4, -0.2) is 20.6 Å². The average molecular weight is 380 g/mol. The number of fused-ring (bicyclic) bond motifs is 1. The third kappa shape index (κ3) is 3.63. The lowest BCUT2D eigenvalue weighted by molar-refractivity contribution is 0.101. The molecule has 0 radical (unpaired) electrons. The molecule has 5 nitrogen and oxygen atoms in total. The fourth-order valence-corrected chi connectivity index (χ4v) is 4.07. The lowest BCUT2D eigenvalue weighted by atomic mass is 10.2. The first-order valence-electron chi connectivity index (χ1n) is 8.06. The molecule has 2 aromatic heterocycles. The lowest BCUT2D eigenvalue weighted by Crippen LogP contribution is -2.21. The molecule has 0 aliphatic rings. The molecule has 26 heavy (non-hydrogen) atoms. The second-order valence-electron chi connectivity index (χ2n) is 5.72. The maximum atomic E-state index is 12.5. The van der Waals surface area contributed by atoms with Crippen molar-refractivity contribution in [3.63, 3.8) is 0 Å². The predicted octanol–water partition coefficient (Wildman–Crippen LogP) is 4.48. The van der Waals surface area contributed by atoms with E-state index in [1.807, 2.05) is 55.5 Å². The van der Waals surface area contributed by atoms with E-state index in [0.717, 1.165) is 32.4 Å². The summed E-state index contributed by atoms with van der Waals surface area (Å²) in [5, 5.41) is 3.17. The first-order chi connectivity index (χ1) is 12.7. The first kappa shape index (κ1) is 16.8. The van der Waals surface area contributed by atoms with E-state index >= 15 is 0 Å². The monoisotopic (exact) mass is 380 g/mol. The van der Waals surface area contributed by atoms with Gasteiger partial charge in [-0.05, 0) is 43.3 Å². The van der Waals surface area contributed by atoms with Crippen LogP contribution in [0.4, 0.5) is 0 Å². The van der Waals surface area contributed by atoms with E-state index in [4.69, 9.17) is 0 Å². The minimum atomic E-state index is -0.167. The van der Waals surface area contributed by atoms with Crippen LogP contribution in [0.3, 0.4) is 0 Å². The van der Waals surface area contributed by atoms with Gasteiger partial charge in [-0.3, -0.25) is 10.2 Å². The molecule has 0 atom stereocenters. The first-order valence-corrected chi connectivity index (χ1v) is 9.93. The second kappa shape index (κ2) is 7.31. The summed E-state index contributed by atoms with van der Waals surface area (Å²) in [6.45, 7) is 2.01. The molecule has 0 saturated heterocycles. The summed E-state index contributed by atoms with van der Waals surface area (Å²) in [7, 11) is 0. The van der Waals surface area contributed by atoms with Crippen LogP contribution in [0.25, 0.3) is 11.0 Å². The van der Waals surface area contributed by atoms with Gasteiger partial charge in [-0.2, -0.15) is 0 Å². The molecule has 0 bridgehead atoms. The van der Waals surface area contributed by atoms with Gasteiger partial charge in [0.2, 0.25) is 0 Å². The number of hydrogen-bond acceptors (Lipinski definition) is 5. The van der Waals surface area contributed by atoms with Crippen LogP contribution in [0.15, 0.2) is 65.1 Å². The van der Waals surface area contributed by atoms with Crippen LogP contribution in [0.5, 0.6) is 0 Å². The standard InChI is InChI=1S/C19H16N4OS2/c1-13-21-15(10-25-13)11-26-16-8-6-14(7-9-16)19(24)22-23-12-20-17-4-2-3-5-18(17)23/h2-10,12H,11H2,1H3,(H,22,24). The van der Waals surface area contributed by atoms with E-state index in [1.165, 1.54) is 0 Å². The van der Waals surface area contributed by atoms with Crippen molar-refractivity contribution in [1.29, 1.82) is 0 Å². The van der Waals surface area contributed by atoms with E-state index in [9.17, 15) is 4.79 Å². The highest BCUT2D eigenvalue weighted by molar-refractivity contribution is 7.98. The number of aryl methyl sites for hydroxylation is 1. The van der Waals surface area contributed by atoms with Crippen LogP contribution in [0.1, 0.15) is 21.1 Å².